The lowest BCUT2D eigenvalue weighted by molar-refractivity contribution is -0.385. The monoisotopic (exact) mass is 459 g/mol. The second kappa shape index (κ2) is 8.93. The van der Waals surface area contributed by atoms with E-state index >= 15 is 0 Å². The molecule has 0 saturated heterocycles. The second-order valence-electron chi connectivity index (χ2n) is 7.43. The van der Waals surface area contributed by atoms with Crippen molar-refractivity contribution in [2.75, 3.05) is 6.61 Å². The minimum Gasteiger partial charge on any atom is -0.456 e. The van der Waals surface area contributed by atoms with Gasteiger partial charge in [-0.05, 0) is 24.3 Å². The molecule has 0 aliphatic rings. The summed E-state index contributed by atoms with van der Waals surface area (Å²) < 4.78 is 48.5. The minimum absolute atomic E-state index is 0.110. The fourth-order valence-corrected chi connectivity index (χ4v) is 2.43. The van der Waals surface area contributed by atoms with Crippen LogP contribution in [-0.4, -0.2) is 23.3 Å². The quantitative estimate of drug-likeness (QED) is 0.306. The first kappa shape index (κ1) is 24.1. The van der Waals surface area contributed by atoms with Gasteiger partial charge in [-0.25, -0.2) is 4.79 Å². The molecule has 31 heavy (non-hydrogen) atoms. The molecule has 0 aromatic heterocycles. The number of carbonyl (C=O) groups is 2. The second-order valence-corrected chi connectivity index (χ2v) is 7.84. The summed E-state index contributed by atoms with van der Waals surface area (Å²) in [5, 5.41) is 10.9. The van der Waals surface area contributed by atoms with E-state index in [1.807, 2.05) is 0 Å². The van der Waals surface area contributed by atoms with Crippen LogP contribution in [0.4, 0.5) is 18.9 Å². The molecule has 0 heterocycles. The van der Waals surface area contributed by atoms with Crippen molar-refractivity contribution in [3.05, 3.63) is 62.7 Å². The van der Waals surface area contributed by atoms with E-state index in [4.69, 9.17) is 21.1 Å². The fraction of sp³-hybridized carbons (Fsp3) is 0.300. The van der Waals surface area contributed by atoms with Crippen molar-refractivity contribution >= 4 is 29.0 Å². The van der Waals surface area contributed by atoms with Gasteiger partial charge in [-0.2, -0.15) is 13.2 Å². The predicted octanol–water partition coefficient (Wildman–Crippen LogP) is 5.83. The summed E-state index contributed by atoms with van der Waals surface area (Å²) in [5.74, 6) is -1.80. The van der Waals surface area contributed by atoms with E-state index in [1.54, 1.807) is 20.8 Å². The van der Waals surface area contributed by atoms with Crippen LogP contribution >= 0.6 is 11.6 Å². The average molecular weight is 460 g/mol. The third-order valence-electron chi connectivity index (χ3n) is 4.04. The van der Waals surface area contributed by atoms with E-state index < -0.39 is 51.7 Å². The Kier molecular flexibility index (Phi) is 6.95. The smallest absolute Gasteiger partial charge is 0.416 e. The summed E-state index contributed by atoms with van der Waals surface area (Å²) in [6.07, 6.45) is -4.60. The molecule has 0 saturated carbocycles. The van der Waals surface area contributed by atoms with Crippen molar-refractivity contribution in [2.45, 2.75) is 26.9 Å². The van der Waals surface area contributed by atoms with Crippen LogP contribution in [0.3, 0.4) is 0 Å². The Bertz CT molecular complexity index is 1030. The maximum Gasteiger partial charge on any atom is 0.416 e. The molecule has 0 radical (unpaired) electrons. The SMILES string of the molecule is CC(C)(C)C(=O)COC(=O)c1cc(Oc2ccc(C(F)(F)F)cc2Cl)ccc1[N+](=O)[O-]. The van der Waals surface area contributed by atoms with Gasteiger partial charge in [0.05, 0.1) is 15.5 Å². The number of hydrogen-bond donors (Lipinski definition) is 0. The number of carbonyl (C=O) groups excluding carboxylic acids is 2. The molecular formula is C20H17ClF3NO6. The third-order valence-corrected chi connectivity index (χ3v) is 4.34. The molecule has 166 valence electrons. The lowest BCUT2D eigenvalue weighted by Gasteiger charge is -2.16. The molecule has 0 N–H and O–H groups in total. The largest absolute Gasteiger partial charge is 0.456 e. The van der Waals surface area contributed by atoms with Gasteiger partial charge in [0.2, 0.25) is 0 Å². The Morgan fingerprint density at radius 3 is 2.26 bits per heavy atom. The van der Waals surface area contributed by atoms with Gasteiger partial charge in [-0.1, -0.05) is 32.4 Å². The van der Waals surface area contributed by atoms with Crippen molar-refractivity contribution in [2.24, 2.45) is 5.41 Å². The fourth-order valence-electron chi connectivity index (χ4n) is 2.21. The number of esters is 1. The molecule has 0 atom stereocenters. The summed E-state index contributed by atoms with van der Waals surface area (Å²) in [6, 6.07) is 5.48. The number of rotatable bonds is 6. The molecule has 2 aromatic carbocycles. The minimum atomic E-state index is -4.60. The third kappa shape index (κ3) is 6.17. The number of ketones is 1. The van der Waals surface area contributed by atoms with Crippen molar-refractivity contribution < 1.29 is 37.2 Å². The van der Waals surface area contributed by atoms with Crippen LogP contribution in [0, 0.1) is 15.5 Å². The van der Waals surface area contributed by atoms with Crippen LogP contribution in [0.1, 0.15) is 36.7 Å². The highest BCUT2D eigenvalue weighted by atomic mass is 35.5. The van der Waals surface area contributed by atoms with Crippen molar-refractivity contribution in [3.8, 4) is 11.5 Å². The molecule has 0 bridgehead atoms. The summed E-state index contributed by atoms with van der Waals surface area (Å²) >= 11 is 5.83. The highest BCUT2D eigenvalue weighted by Crippen LogP contribution is 2.37. The molecule has 0 aliphatic heterocycles. The molecule has 11 heteroatoms. The molecule has 2 aromatic rings. The number of hydrogen-bond acceptors (Lipinski definition) is 6. The van der Waals surface area contributed by atoms with Crippen LogP contribution < -0.4 is 4.74 Å². The Hall–Kier alpha value is -3.14. The molecule has 7 nitrogen and oxygen atoms in total. The zero-order valence-electron chi connectivity index (χ0n) is 16.6. The highest BCUT2D eigenvalue weighted by molar-refractivity contribution is 6.32. The standard InChI is InChI=1S/C20H17ClF3NO6/c1-19(2,3)17(26)10-30-18(27)13-9-12(5-6-15(13)25(28)29)31-16-7-4-11(8-14(16)21)20(22,23)24/h4-9H,10H2,1-3H3. The van der Waals surface area contributed by atoms with E-state index in [-0.39, 0.29) is 16.5 Å². The normalized spacial score (nSPS) is 11.7. The Morgan fingerprint density at radius 2 is 1.74 bits per heavy atom. The van der Waals surface area contributed by atoms with Gasteiger partial charge in [0.25, 0.3) is 5.69 Å². The van der Waals surface area contributed by atoms with Gasteiger partial charge in [-0.3, -0.25) is 14.9 Å². The first-order valence-electron chi connectivity index (χ1n) is 8.73. The molecule has 0 fully saturated rings. The van der Waals surface area contributed by atoms with E-state index in [1.165, 1.54) is 0 Å². The number of alkyl halides is 3. The maximum absolute atomic E-state index is 12.8. The summed E-state index contributed by atoms with van der Waals surface area (Å²) in [5.41, 5.74) is -2.86. The molecular weight excluding hydrogens is 443 g/mol. The molecule has 0 amide bonds. The van der Waals surface area contributed by atoms with Crippen LogP contribution in [0.25, 0.3) is 0 Å². The van der Waals surface area contributed by atoms with Gasteiger partial charge in [0.1, 0.15) is 17.1 Å². The summed E-state index contributed by atoms with van der Waals surface area (Å²) in [7, 11) is 0. The van der Waals surface area contributed by atoms with Crippen molar-refractivity contribution in [3.63, 3.8) is 0 Å². The lowest BCUT2D eigenvalue weighted by Crippen LogP contribution is -2.26. The van der Waals surface area contributed by atoms with E-state index in [0.717, 1.165) is 30.3 Å². The van der Waals surface area contributed by atoms with Crippen LogP contribution in [-0.2, 0) is 15.7 Å². The predicted molar refractivity (Wildman–Crippen MR) is 104 cm³/mol. The van der Waals surface area contributed by atoms with Gasteiger partial charge >= 0.3 is 12.1 Å². The number of halogens is 4. The van der Waals surface area contributed by atoms with E-state index in [0.29, 0.717) is 6.07 Å². The number of Topliss-reactive ketones (excluding diaryl/α,β-unsaturated/α-hetero) is 1. The highest BCUT2D eigenvalue weighted by Gasteiger charge is 2.31. The van der Waals surface area contributed by atoms with Crippen LogP contribution in [0.15, 0.2) is 36.4 Å². The van der Waals surface area contributed by atoms with Crippen LogP contribution in [0.5, 0.6) is 11.5 Å². The molecule has 0 aliphatic carbocycles. The number of benzene rings is 2. The van der Waals surface area contributed by atoms with Crippen LogP contribution in [0.2, 0.25) is 5.02 Å². The van der Waals surface area contributed by atoms with Gasteiger partial charge in [0, 0.05) is 17.5 Å². The summed E-state index contributed by atoms with van der Waals surface area (Å²) in [6.45, 7) is 4.27. The number of ether oxygens (including phenoxy) is 2. The molecule has 0 spiro atoms. The maximum atomic E-state index is 12.8. The topological polar surface area (TPSA) is 95.7 Å². The van der Waals surface area contributed by atoms with E-state index in [9.17, 15) is 32.9 Å². The average Bonchev–Trinajstić information content (AvgIpc) is 2.65. The molecule has 2 rings (SSSR count). The molecule has 0 unspecified atom stereocenters. The number of nitro groups is 1. The van der Waals surface area contributed by atoms with Crippen molar-refractivity contribution in [1.82, 2.24) is 0 Å². The number of nitro benzene ring substituents is 1. The zero-order valence-corrected chi connectivity index (χ0v) is 17.3. The Morgan fingerprint density at radius 1 is 1.10 bits per heavy atom. The first-order chi connectivity index (χ1) is 14.2. The number of nitrogens with zero attached hydrogens (tertiary/aromatic N) is 1. The van der Waals surface area contributed by atoms with Crippen molar-refractivity contribution in [1.29, 1.82) is 0 Å². The first-order valence-corrected chi connectivity index (χ1v) is 9.11. The van der Waals surface area contributed by atoms with Gasteiger partial charge in [-0.15, -0.1) is 0 Å². The van der Waals surface area contributed by atoms with Gasteiger partial charge in [0.15, 0.2) is 12.4 Å². The Balaban J connectivity index is 2.30. The summed E-state index contributed by atoms with van der Waals surface area (Å²) in [4.78, 5) is 34.7. The van der Waals surface area contributed by atoms with E-state index in [2.05, 4.69) is 0 Å². The zero-order chi connectivity index (χ0) is 23.6. The Labute approximate surface area is 179 Å². The van der Waals surface area contributed by atoms with Gasteiger partial charge < -0.3 is 9.47 Å². The lowest BCUT2D eigenvalue weighted by atomic mass is 9.91.